The molecular weight excluding hydrogens is 310 g/mol. The van der Waals surface area contributed by atoms with Crippen LogP contribution in [0.2, 0.25) is 0 Å². The first-order chi connectivity index (χ1) is 11.7. The molecule has 0 saturated carbocycles. The first-order valence-electron chi connectivity index (χ1n) is 8.20. The summed E-state index contributed by atoms with van der Waals surface area (Å²) in [5.41, 5.74) is -0.0351. The van der Waals surface area contributed by atoms with Gasteiger partial charge in [0.1, 0.15) is 0 Å². The molecule has 24 heavy (non-hydrogen) atoms. The molecule has 2 amide bonds. The van der Waals surface area contributed by atoms with Crippen LogP contribution in [0.5, 0.6) is 0 Å². The zero-order valence-electron chi connectivity index (χ0n) is 13.0. The third-order valence-corrected chi connectivity index (χ3v) is 5.34. The Labute approximate surface area is 139 Å². The van der Waals surface area contributed by atoms with Crippen LogP contribution in [-0.4, -0.2) is 47.9 Å². The van der Waals surface area contributed by atoms with E-state index in [1.807, 2.05) is 42.5 Å². The molecule has 4 atom stereocenters. The fraction of sp³-hybridized carbons (Fsp3) is 0.444. The molecule has 6 nitrogen and oxygen atoms in total. The summed E-state index contributed by atoms with van der Waals surface area (Å²) in [5, 5.41) is 0. The van der Waals surface area contributed by atoms with Crippen LogP contribution in [0.25, 0.3) is 0 Å². The van der Waals surface area contributed by atoms with E-state index < -0.39 is 23.7 Å². The molecule has 0 aromatic heterocycles. The summed E-state index contributed by atoms with van der Waals surface area (Å²) in [6.07, 6.45) is 2.72. The maximum atomic E-state index is 13.0. The monoisotopic (exact) mass is 327 g/mol. The van der Waals surface area contributed by atoms with Crippen molar-refractivity contribution in [3.05, 3.63) is 48.0 Å². The first-order valence-corrected chi connectivity index (χ1v) is 8.20. The zero-order chi connectivity index (χ0) is 16.3. The summed E-state index contributed by atoms with van der Waals surface area (Å²) in [4.78, 5) is 27.2. The topological polar surface area (TPSA) is 65.1 Å². The molecule has 4 aliphatic heterocycles. The average Bonchev–Trinajstić information content (AvgIpc) is 3.36. The molecule has 0 aliphatic carbocycles. The number of ether oxygens (including phenoxy) is 3. The second-order valence-corrected chi connectivity index (χ2v) is 6.62. The molecule has 6 heteroatoms. The quantitative estimate of drug-likeness (QED) is 0.609. The highest BCUT2D eigenvalue weighted by molar-refractivity contribution is 6.07. The van der Waals surface area contributed by atoms with E-state index in [0.717, 1.165) is 5.56 Å². The highest BCUT2D eigenvalue weighted by Crippen LogP contribution is 2.54. The molecule has 2 bridgehead atoms. The normalized spacial score (nSPS) is 37.7. The van der Waals surface area contributed by atoms with Crippen LogP contribution in [0.15, 0.2) is 42.5 Å². The van der Waals surface area contributed by atoms with Gasteiger partial charge in [-0.15, -0.1) is 0 Å². The highest BCUT2D eigenvalue weighted by Gasteiger charge is 2.71. The van der Waals surface area contributed by atoms with Crippen molar-refractivity contribution in [3.63, 3.8) is 0 Å². The number of carbonyl (C=O) groups is 2. The lowest BCUT2D eigenvalue weighted by Gasteiger charge is -2.32. The smallest absolute Gasteiger partial charge is 0.237 e. The van der Waals surface area contributed by atoms with Crippen molar-refractivity contribution in [1.82, 2.24) is 4.90 Å². The van der Waals surface area contributed by atoms with Gasteiger partial charge in [-0.25, -0.2) is 0 Å². The molecule has 1 aromatic rings. The van der Waals surface area contributed by atoms with Crippen molar-refractivity contribution >= 4 is 11.8 Å². The summed E-state index contributed by atoms with van der Waals surface area (Å²) in [7, 11) is 0. The summed E-state index contributed by atoms with van der Waals surface area (Å²) in [5.74, 6) is -1.39. The first kappa shape index (κ1) is 14.3. The average molecular weight is 327 g/mol. The van der Waals surface area contributed by atoms with Crippen molar-refractivity contribution < 1.29 is 23.8 Å². The van der Waals surface area contributed by atoms with E-state index in [1.165, 1.54) is 4.90 Å². The van der Waals surface area contributed by atoms with Gasteiger partial charge in [-0.1, -0.05) is 36.4 Å². The minimum absolute atomic E-state index is 0.164. The lowest BCUT2D eigenvalue weighted by Crippen LogP contribution is -2.49. The van der Waals surface area contributed by atoms with Gasteiger partial charge in [-0.3, -0.25) is 14.5 Å². The fourth-order valence-corrected chi connectivity index (χ4v) is 4.31. The van der Waals surface area contributed by atoms with E-state index in [4.69, 9.17) is 14.2 Å². The van der Waals surface area contributed by atoms with E-state index in [1.54, 1.807) is 0 Å². The van der Waals surface area contributed by atoms with Gasteiger partial charge in [0, 0.05) is 0 Å². The van der Waals surface area contributed by atoms with Crippen molar-refractivity contribution in [1.29, 1.82) is 0 Å². The summed E-state index contributed by atoms with van der Waals surface area (Å²) in [6, 6.07) is 9.54. The number of hydrogen-bond acceptors (Lipinski definition) is 5. The number of fused-ring (bicyclic) bond motifs is 5. The van der Waals surface area contributed by atoms with Crippen molar-refractivity contribution in [2.75, 3.05) is 13.2 Å². The van der Waals surface area contributed by atoms with Gasteiger partial charge in [0.2, 0.25) is 11.8 Å². The van der Waals surface area contributed by atoms with Crippen LogP contribution in [-0.2, 0) is 30.3 Å². The minimum Gasteiger partial charge on any atom is -0.357 e. The van der Waals surface area contributed by atoms with Crippen LogP contribution in [0.3, 0.4) is 0 Å². The molecule has 3 fully saturated rings. The molecule has 4 heterocycles. The molecule has 0 spiro atoms. The predicted octanol–water partition coefficient (Wildman–Crippen LogP) is 0.868. The lowest BCUT2D eigenvalue weighted by molar-refractivity contribution is -0.183. The molecule has 0 N–H and O–H groups in total. The van der Waals surface area contributed by atoms with E-state index in [-0.39, 0.29) is 17.9 Å². The number of hydrogen-bond donors (Lipinski definition) is 0. The molecule has 4 unspecified atom stereocenters. The fourth-order valence-electron chi connectivity index (χ4n) is 4.31. The second kappa shape index (κ2) is 4.99. The van der Waals surface area contributed by atoms with Crippen LogP contribution in [0, 0.1) is 11.8 Å². The SMILES string of the molecule is O=C1C2C3C=CC(C4OCCO4)(O3)C2C(=O)N1Cc1ccccc1. The van der Waals surface area contributed by atoms with E-state index in [2.05, 4.69) is 0 Å². The number of imide groups is 1. The maximum Gasteiger partial charge on any atom is 0.237 e. The number of benzene rings is 1. The van der Waals surface area contributed by atoms with Crippen LogP contribution >= 0.6 is 0 Å². The lowest BCUT2D eigenvalue weighted by atomic mass is 9.76. The van der Waals surface area contributed by atoms with Crippen LogP contribution < -0.4 is 0 Å². The summed E-state index contributed by atoms with van der Waals surface area (Å²) in [6.45, 7) is 1.24. The number of nitrogens with zero attached hydrogens (tertiary/aromatic N) is 1. The Morgan fingerprint density at radius 1 is 1.08 bits per heavy atom. The Morgan fingerprint density at radius 2 is 1.83 bits per heavy atom. The molecule has 4 aliphatic rings. The molecule has 5 rings (SSSR count). The van der Waals surface area contributed by atoms with Crippen LogP contribution in [0.1, 0.15) is 5.56 Å². The second-order valence-electron chi connectivity index (χ2n) is 6.62. The number of rotatable bonds is 3. The molecule has 3 saturated heterocycles. The summed E-state index contributed by atoms with van der Waals surface area (Å²) < 4.78 is 17.3. The van der Waals surface area contributed by atoms with Gasteiger partial charge in [0.15, 0.2) is 11.9 Å². The van der Waals surface area contributed by atoms with Gasteiger partial charge in [-0.2, -0.15) is 0 Å². The molecule has 0 radical (unpaired) electrons. The highest BCUT2D eigenvalue weighted by atomic mass is 16.7. The van der Waals surface area contributed by atoms with Crippen molar-refractivity contribution in [2.45, 2.75) is 24.5 Å². The molecular formula is C18H17NO5. The Hall–Kier alpha value is -2.02. The minimum atomic E-state index is -0.968. The van der Waals surface area contributed by atoms with Crippen molar-refractivity contribution in [2.24, 2.45) is 11.8 Å². The van der Waals surface area contributed by atoms with Gasteiger partial charge in [0.25, 0.3) is 0 Å². The van der Waals surface area contributed by atoms with E-state index in [0.29, 0.717) is 19.8 Å². The van der Waals surface area contributed by atoms with Gasteiger partial charge in [-0.05, 0) is 11.6 Å². The number of carbonyl (C=O) groups excluding carboxylic acids is 2. The van der Waals surface area contributed by atoms with E-state index >= 15 is 0 Å². The van der Waals surface area contributed by atoms with E-state index in [9.17, 15) is 9.59 Å². The third-order valence-electron chi connectivity index (χ3n) is 5.34. The largest absolute Gasteiger partial charge is 0.357 e. The summed E-state index contributed by atoms with van der Waals surface area (Å²) >= 11 is 0. The Kier molecular flexibility index (Phi) is 2.98. The predicted molar refractivity (Wildman–Crippen MR) is 81.4 cm³/mol. The number of amides is 2. The Balaban J connectivity index is 1.48. The standard InChI is InChI=1S/C18H17NO5/c20-15-13-12-6-7-18(24-12,17-22-8-9-23-17)14(13)16(21)19(15)10-11-4-2-1-3-5-11/h1-7,12-14,17H,8-10H2. The van der Waals surface area contributed by atoms with Gasteiger partial charge in [0.05, 0.1) is 37.7 Å². The Bertz CT molecular complexity index is 726. The maximum absolute atomic E-state index is 13.0. The number of likely N-dealkylation sites (tertiary alicyclic amines) is 1. The third kappa shape index (κ3) is 1.76. The zero-order valence-corrected chi connectivity index (χ0v) is 13.0. The Morgan fingerprint density at radius 3 is 2.58 bits per heavy atom. The molecule has 124 valence electrons. The van der Waals surface area contributed by atoms with Crippen molar-refractivity contribution in [3.8, 4) is 0 Å². The van der Waals surface area contributed by atoms with Crippen LogP contribution in [0.4, 0.5) is 0 Å². The van der Waals surface area contributed by atoms with Gasteiger partial charge < -0.3 is 14.2 Å². The molecule has 1 aromatic carbocycles. The van der Waals surface area contributed by atoms with Gasteiger partial charge >= 0.3 is 0 Å².